The first kappa shape index (κ1) is 16.0. The van der Waals surface area contributed by atoms with E-state index in [2.05, 4.69) is 4.90 Å². The van der Waals surface area contributed by atoms with Gasteiger partial charge < -0.3 is 0 Å². The molecule has 5 heteroatoms. The minimum Gasteiger partial charge on any atom is -0.290 e. The molecular weight excluding hydrogens is 301 g/mol. The van der Waals surface area contributed by atoms with E-state index in [1.54, 1.807) is 0 Å². The van der Waals surface area contributed by atoms with Crippen molar-refractivity contribution in [2.45, 2.75) is 12.3 Å². The van der Waals surface area contributed by atoms with Gasteiger partial charge in [0.1, 0.15) is 0 Å². The monoisotopic (exact) mass is 320 g/mol. The van der Waals surface area contributed by atoms with Crippen LogP contribution in [0, 0.1) is 0 Å². The number of halogens is 3. The molecule has 3 rings (SSSR count). The molecule has 0 aliphatic carbocycles. The smallest absolute Gasteiger partial charge is 0.290 e. The number of hydrogen-bond donors (Lipinski definition) is 0. The third kappa shape index (κ3) is 3.74. The van der Waals surface area contributed by atoms with Gasteiger partial charge in [0.05, 0.1) is 6.04 Å². The fourth-order valence-electron chi connectivity index (χ4n) is 3.12. The van der Waals surface area contributed by atoms with E-state index in [0.29, 0.717) is 18.0 Å². The number of alkyl halides is 3. The Hall–Kier alpha value is -1.85. The average Bonchev–Trinajstić information content (AvgIpc) is 2.57. The molecule has 1 fully saturated rings. The molecule has 0 bridgehead atoms. The quantitative estimate of drug-likeness (QED) is 0.791. The van der Waals surface area contributed by atoms with Crippen LogP contribution in [0.25, 0.3) is 0 Å². The van der Waals surface area contributed by atoms with Crippen LogP contribution in [0.4, 0.5) is 13.2 Å². The highest BCUT2D eigenvalue weighted by molar-refractivity contribution is 5.31. The van der Waals surface area contributed by atoms with Gasteiger partial charge in [-0.2, -0.15) is 13.2 Å². The molecule has 23 heavy (non-hydrogen) atoms. The largest absolute Gasteiger partial charge is 0.460 e. The molecule has 1 saturated heterocycles. The summed E-state index contributed by atoms with van der Waals surface area (Å²) in [5.74, 6) is 0. The average molecular weight is 320 g/mol. The molecule has 0 radical (unpaired) electrons. The maximum atomic E-state index is 12.8. The van der Waals surface area contributed by atoms with Crippen molar-refractivity contribution in [3.63, 3.8) is 0 Å². The second-order valence-electron chi connectivity index (χ2n) is 5.71. The van der Waals surface area contributed by atoms with Crippen LogP contribution in [0.5, 0.6) is 0 Å². The van der Waals surface area contributed by atoms with Crippen LogP contribution in [0.2, 0.25) is 0 Å². The zero-order valence-corrected chi connectivity index (χ0v) is 12.7. The Labute approximate surface area is 134 Å². The van der Waals surface area contributed by atoms with Crippen molar-refractivity contribution >= 4 is 0 Å². The molecular formula is C18H19F3N2. The van der Waals surface area contributed by atoms with Crippen LogP contribution in [-0.4, -0.2) is 42.3 Å². The Balaban J connectivity index is 1.83. The summed E-state index contributed by atoms with van der Waals surface area (Å²) in [5.41, 5.74) is 2.22. The van der Waals surface area contributed by atoms with Gasteiger partial charge in [0.2, 0.25) is 0 Å². The van der Waals surface area contributed by atoms with E-state index in [0.717, 1.165) is 11.1 Å². The van der Waals surface area contributed by atoms with E-state index in [-0.39, 0.29) is 19.1 Å². The predicted octanol–water partition coefficient (Wildman–Crippen LogP) is 3.91. The predicted molar refractivity (Wildman–Crippen MR) is 83.9 cm³/mol. The Morgan fingerprint density at radius 1 is 0.696 bits per heavy atom. The Morgan fingerprint density at radius 3 is 1.52 bits per heavy atom. The summed E-state index contributed by atoms with van der Waals surface area (Å²) in [6.07, 6.45) is -4.24. The fourth-order valence-corrected chi connectivity index (χ4v) is 3.12. The highest BCUT2D eigenvalue weighted by Crippen LogP contribution is 2.31. The summed E-state index contributed by atoms with van der Waals surface area (Å²) >= 11 is 0. The van der Waals surface area contributed by atoms with Crippen molar-refractivity contribution in [1.29, 1.82) is 0 Å². The lowest BCUT2D eigenvalue weighted by molar-refractivity contribution is -0.253. The zero-order valence-electron chi connectivity index (χ0n) is 12.7. The second kappa shape index (κ2) is 6.72. The van der Waals surface area contributed by atoms with E-state index in [1.165, 1.54) is 0 Å². The SMILES string of the molecule is FC(F)(F)N1CCN(C(c2ccccc2)c2ccccc2)CC1. The lowest BCUT2D eigenvalue weighted by Crippen LogP contribution is -2.52. The van der Waals surface area contributed by atoms with Crippen molar-refractivity contribution in [3.8, 4) is 0 Å². The molecule has 2 aromatic carbocycles. The van der Waals surface area contributed by atoms with Gasteiger partial charge in [-0.3, -0.25) is 4.90 Å². The lowest BCUT2D eigenvalue weighted by atomic mass is 9.96. The first-order valence-corrected chi connectivity index (χ1v) is 7.71. The van der Waals surface area contributed by atoms with E-state index < -0.39 is 6.30 Å². The van der Waals surface area contributed by atoms with Gasteiger partial charge in [-0.05, 0) is 11.1 Å². The minimum absolute atomic E-state index is 0.00668. The van der Waals surface area contributed by atoms with Gasteiger partial charge in [0, 0.05) is 26.2 Å². The molecule has 1 aliphatic rings. The van der Waals surface area contributed by atoms with Crippen molar-refractivity contribution in [2.75, 3.05) is 26.2 Å². The highest BCUT2D eigenvalue weighted by atomic mass is 19.4. The van der Waals surface area contributed by atoms with Gasteiger partial charge in [-0.15, -0.1) is 0 Å². The van der Waals surface area contributed by atoms with Gasteiger partial charge in [-0.1, -0.05) is 60.7 Å². The summed E-state index contributed by atoms with van der Waals surface area (Å²) in [5, 5.41) is 0. The van der Waals surface area contributed by atoms with E-state index in [9.17, 15) is 13.2 Å². The Bertz CT molecular complexity index is 566. The maximum Gasteiger partial charge on any atom is 0.460 e. The van der Waals surface area contributed by atoms with E-state index in [4.69, 9.17) is 0 Å². The van der Waals surface area contributed by atoms with Crippen LogP contribution < -0.4 is 0 Å². The number of nitrogens with zero attached hydrogens (tertiary/aromatic N) is 2. The first-order chi connectivity index (χ1) is 11.1. The molecule has 0 unspecified atom stereocenters. The summed E-state index contributed by atoms with van der Waals surface area (Å²) < 4.78 is 38.5. The van der Waals surface area contributed by atoms with Crippen LogP contribution in [0.1, 0.15) is 17.2 Å². The molecule has 0 aromatic heterocycles. The topological polar surface area (TPSA) is 6.48 Å². The molecule has 0 saturated carbocycles. The molecule has 122 valence electrons. The molecule has 2 aromatic rings. The first-order valence-electron chi connectivity index (χ1n) is 7.71. The third-order valence-electron chi connectivity index (χ3n) is 4.27. The van der Waals surface area contributed by atoms with E-state index >= 15 is 0 Å². The Morgan fingerprint density at radius 2 is 1.13 bits per heavy atom. The number of benzene rings is 2. The van der Waals surface area contributed by atoms with Crippen molar-refractivity contribution < 1.29 is 13.2 Å². The number of piperazine rings is 1. The van der Waals surface area contributed by atoms with Gasteiger partial charge in [-0.25, -0.2) is 4.90 Å². The standard InChI is InChI=1S/C18H19F3N2/c19-18(20,21)23-13-11-22(12-14-23)17(15-7-3-1-4-8-15)16-9-5-2-6-10-16/h1-10,17H,11-14H2. The van der Waals surface area contributed by atoms with Gasteiger partial charge in [0.15, 0.2) is 0 Å². The molecule has 0 amide bonds. The maximum absolute atomic E-state index is 12.8. The van der Waals surface area contributed by atoms with Crippen LogP contribution in [-0.2, 0) is 0 Å². The fraction of sp³-hybridized carbons (Fsp3) is 0.333. The molecule has 0 N–H and O–H groups in total. The number of rotatable bonds is 3. The molecule has 0 spiro atoms. The highest BCUT2D eigenvalue weighted by Gasteiger charge is 2.40. The lowest BCUT2D eigenvalue weighted by Gasteiger charge is -2.40. The van der Waals surface area contributed by atoms with Crippen LogP contribution >= 0.6 is 0 Å². The third-order valence-corrected chi connectivity index (χ3v) is 4.27. The minimum atomic E-state index is -4.24. The second-order valence-corrected chi connectivity index (χ2v) is 5.71. The van der Waals surface area contributed by atoms with Crippen molar-refractivity contribution in [3.05, 3.63) is 71.8 Å². The Kier molecular flexibility index (Phi) is 4.68. The summed E-state index contributed by atoms with van der Waals surface area (Å²) in [6, 6.07) is 19.9. The van der Waals surface area contributed by atoms with Crippen LogP contribution in [0.3, 0.4) is 0 Å². The molecule has 1 aliphatic heterocycles. The summed E-state index contributed by atoms with van der Waals surface area (Å²) in [7, 11) is 0. The zero-order chi connectivity index (χ0) is 16.3. The summed E-state index contributed by atoms with van der Waals surface area (Å²) in [6.45, 7) is 0.821. The van der Waals surface area contributed by atoms with Gasteiger partial charge in [0.25, 0.3) is 0 Å². The molecule has 0 atom stereocenters. The summed E-state index contributed by atoms with van der Waals surface area (Å²) in [4.78, 5) is 2.73. The van der Waals surface area contributed by atoms with Crippen molar-refractivity contribution in [1.82, 2.24) is 9.80 Å². The van der Waals surface area contributed by atoms with E-state index in [1.807, 2.05) is 60.7 Å². The molecule has 2 nitrogen and oxygen atoms in total. The van der Waals surface area contributed by atoms with Crippen molar-refractivity contribution in [2.24, 2.45) is 0 Å². The van der Waals surface area contributed by atoms with Gasteiger partial charge >= 0.3 is 6.30 Å². The molecule has 1 heterocycles. The normalized spacial score (nSPS) is 17.6. The number of hydrogen-bond acceptors (Lipinski definition) is 2. The van der Waals surface area contributed by atoms with Crippen LogP contribution in [0.15, 0.2) is 60.7 Å².